The van der Waals surface area contributed by atoms with Crippen LogP contribution in [0.25, 0.3) is 0 Å². The summed E-state index contributed by atoms with van der Waals surface area (Å²) in [5.41, 5.74) is 2.51. The minimum absolute atomic E-state index is 0.872. The fourth-order valence-electron chi connectivity index (χ4n) is 2.08. The van der Waals surface area contributed by atoms with Crippen molar-refractivity contribution < 1.29 is 0 Å². The topological polar surface area (TPSA) is 28.2 Å². The normalized spacial score (nSPS) is 10.7. The van der Waals surface area contributed by atoms with Crippen molar-refractivity contribution in [3.8, 4) is 0 Å². The van der Waals surface area contributed by atoms with E-state index in [0.717, 1.165) is 23.4 Å². The third-order valence-corrected chi connectivity index (χ3v) is 3.40. The van der Waals surface area contributed by atoms with Gasteiger partial charge in [0.15, 0.2) is 0 Å². The van der Waals surface area contributed by atoms with E-state index < -0.39 is 0 Å². The maximum Gasteiger partial charge on any atom is 0.130 e. The zero-order valence-corrected chi connectivity index (χ0v) is 12.8. The molecule has 1 N–H and O–H groups in total. The Morgan fingerprint density at radius 2 is 2.05 bits per heavy atom. The number of halogens is 1. The largest absolute Gasteiger partial charge is 0.373 e. The van der Waals surface area contributed by atoms with Gasteiger partial charge in [-0.2, -0.15) is 0 Å². The van der Waals surface area contributed by atoms with Gasteiger partial charge in [-0.1, -0.05) is 34.1 Å². The maximum atomic E-state index is 4.33. The molecule has 100 valence electrons. The van der Waals surface area contributed by atoms with Gasteiger partial charge in [0.2, 0.25) is 0 Å². The molecule has 2 aromatic rings. The van der Waals surface area contributed by atoms with Gasteiger partial charge in [-0.3, -0.25) is 4.90 Å². The van der Waals surface area contributed by atoms with Crippen LogP contribution in [0.4, 0.5) is 5.82 Å². The molecule has 0 unspecified atom stereocenters. The van der Waals surface area contributed by atoms with E-state index in [0.29, 0.717) is 0 Å². The standard InChI is InChI=1S/C15H18BrN3/c1-17-15-13(6-4-8-18-15)11-19(2)10-12-5-3-7-14(16)9-12/h3-9H,10-11H2,1-2H3,(H,17,18). The van der Waals surface area contributed by atoms with Crippen LogP contribution in [0.5, 0.6) is 0 Å². The Hall–Kier alpha value is -1.39. The van der Waals surface area contributed by atoms with Crippen LogP contribution < -0.4 is 5.32 Å². The molecule has 0 saturated heterocycles. The second-order valence-electron chi connectivity index (χ2n) is 4.56. The second-order valence-corrected chi connectivity index (χ2v) is 5.48. The Morgan fingerprint density at radius 1 is 1.21 bits per heavy atom. The second kappa shape index (κ2) is 6.68. The van der Waals surface area contributed by atoms with Crippen LogP contribution in [0, 0.1) is 0 Å². The quantitative estimate of drug-likeness (QED) is 0.914. The van der Waals surface area contributed by atoms with Crippen molar-refractivity contribution in [3.05, 3.63) is 58.2 Å². The first-order chi connectivity index (χ1) is 9.19. The van der Waals surface area contributed by atoms with E-state index in [1.54, 1.807) is 0 Å². The molecule has 0 aliphatic rings. The van der Waals surface area contributed by atoms with E-state index in [1.807, 2.05) is 25.4 Å². The summed E-state index contributed by atoms with van der Waals surface area (Å²) < 4.78 is 1.12. The summed E-state index contributed by atoms with van der Waals surface area (Å²) in [6.45, 7) is 1.79. The van der Waals surface area contributed by atoms with E-state index in [-0.39, 0.29) is 0 Å². The molecule has 0 amide bonds. The van der Waals surface area contributed by atoms with E-state index in [9.17, 15) is 0 Å². The molecular formula is C15H18BrN3. The van der Waals surface area contributed by atoms with Crippen molar-refractivity contribution >= 4 is 21.7 Å². The molecule has 0 bridgehead atoms. The molecule has 3 nitrogen and oxygen atoms in total. The number of hydrogen-bond donors (Lipinski definition) is 1. The summed E-state index contributed by atoms with van der Waals surface area (Å²) in [4.78, 5) is 6.60. The molecule has 1 heterocycles. The summed E-state index contributed by atoms with van der Waals surface area (Å²) in [5.74, 6) is 0.948. The van der Waals surface area contributed by atoms with Gasteiger partial charge in [0, 0.05) is 36.4 Å². The highest BCUT2D eigenvalue weighted by Gasteiger charge is 2.06. The molecule has 4 heteroatoms. The lowest BCUT2D eigenvalue weighted by atomic mass is 10.2. The fraction of sp³-hybridized carbons (Fsp3) is 0.267. The summed E-state index contributed by atoms with van der Waals surface area (Å²) in [5, 5.41) is 3.13. The zero-order valence-electron chi connectivity index (χ0n) is 11.2. The fourth-order valence-corrected chi connectivity index (χ4v) is 2.53. The van der Waals surface area contributed by atoms with Crippen LogP contribution >= 0.6 is 15.9 Å². The lowest BCUT2D eigenvalue weighted by Crippen LogP contribution is -2.18. The van der Waals surface area contributed by atoms with E-state index in [2.05, 4.69) is 62.4 Å². The van der Waals surface area contributed by atoms with Crippen LogP contribution in [-0.2, 0) is 13.1 Å². The Balaban J connectivity index is 2.03. The van der Waals surface area contributed by atoms with E-state index in [1.165, 1.54) is 11.1 Å². The highest BCUT2D eigenvalue weighted by Crippen LogP contribution is 2.16. The first-order valence-electron chi connectivity index (χ1n) is 6.23. The molecule has 0 spiro atoms. The number of pyridine rings is 1. The number of rotatable bonds is 5. The predicted molar refractivity (Wildman–Crippen MR) is 83.1 cm³/mol. The minimum Gasteiger partial charge on any atom is -0.373 e. The molecule has 0 radical (unpaired) electrons. The van der Waals surface area contributed by atoms with Crippen molar-refractivity contribution in [2.24, 2.45) is 0 Å². The lowest BCUT2D eigenvalue weighted by molar-refractivity contribution is 0.319. The Bertz CT molecular complexity index is 542. The highest BCUT2D eigenvalue weighted by molar-refractivity contribution is 9.10. The number of benzene rings is 1. The number of nitrogens with one attached hydrogen (secondary N) is 1. The third kappa shape index (κ3) is 4.04. The van der Waals surface area contributed by atoms with Gasteiger partial charge in [-0.25, -0.2) is 4.98 Å². The Morgan fingerprint density at radius 3 is 2.79 bits per heavy atom. The number of hydrogen-bond acceptors (Lipinski definition) is 3. The molecule has 2 rings (SSSR count). The van der Waals surface area contributed by atoms with Crippen LogP contribution in [0.3, 0.4) is 0 Å². The molecular weight excluding hydrogens is 302 g/mol. The van der Waals surface area contributed by atoms with Gasteiger partial charge in [0.05, 0.1) is 0 Å². The molecule has 0 aliphatic carbocycles. The van der Waals surface area contributed by atoms with Gasteiger partial charge < -0.3 is 5.32 Å². The zero-order chi connectivity index (χ0) is 13.7. The van der Waals surface area contributed by atoms with Gasteiger partial charge in [-0.05, 0) is 30.8 Å². The molecule has 0 aliphatic heterocycles. The molecule has 1 aromatic heterocycles. The average Bonchev–Trinajstić information content (AvgIpc) is 2.39. The smallest absolute Gasteiger partial charge is 0.130 e. The summed E-state index contributed by atoms with van der Waals surface area (Å²) >= 11 is 3.50. The Kier molecular flexibility index (Phi) is 4.93. The third-order valence-electron chi connectivity index (χ3n) is 2.91. The predicted octanol–water partition coefficient (Wildman–Crippen LogP) is 3.52. The SMILES string of the molecule is CNc1ncccc1CN(C)Cc1cccc(Br)c1. The van der Waals surface area contributed by atoms with Crippen molar-refractivity contribution in [2.45, 2.75) is 13.1 Å². The first-order valence-corrected chi connectivity index (χ1v) is 7.03. The number of nitrogens with zero attached hydrogens (tertiary/aromatic N) is 2. The van der Waals surface area contributed by atoms with E-state index in [4.69, 9.17) is 0 Å². The molecule has 1 aromatic carbocycles. The number of aromatic nitrogens is 1. The molecule has 19 heavy (non-hydrogen) atoms. The number of anilines is 1. The van der Waals surface area contributed by atoms with Crippen molar-refractivity contribution in [2.75, 3.05) is 19.4 Å². The molecule has 0 atom stereocenters. The van der Waals surface area contributed by atoms with Crippen LogP contribution in [0.15, 0.2) is 47.1 Å². The molecule has 0 fully saturated rings. The van der Waals surface area contributed by atoms with Crippen molar-refractivity contribution in [1.82, 2.24) is 9.88 Å². The van der Waals surface area contributed by atoms with Crippen molar-refractivity contribution in [1.29, 1.82) is 0 Å². The minimum atomic E-state index is 0.872. The Labute approximate surface area is 122 Å². The highest BCUT2D eigenvalue weighted by atomic mass is 79.9. The monoisotopic (exact) mass is 319 g/mol. The lowest BCUT2D eigenvalue weighted by Gasteiger charge is -2.18. The van der Waals surface area contributed by atoms with Crippen LogP contribution in [-0.4, -0.2) is 24.0 Å². The molecule has 0 saturated carbocycles. The summed E-state index contributed by atoms with van der Waals surface area (Å²) in [6, 6.07) is 12.5. The van der Waals surface area contributed by atoms with Crippen LogP contribution in [0.2, 0.25) is 0 Å². The average molecular weight is 320 g/mol. The first kappa shape index (κ1) is 14.0. The summed E-state index contributed by atoms with van der Waals surface area (Å²) in [6.07, 6.45) is 1.81. The van der Waals surface area contributed by atoms with Crippen molar-refractivity contribution in [3.63, 3.8) is 0 Å². The van der Waals surface area contributed by atoms with Crippen LogP contribution in [0.1, 0.15) is 11.1 Å². The summed E-state index contributed by atoms with van der Waals surface area (Å²) in [7, 11) is 4.02. The maximum absolute atomic E-state index is 4.33. The van der Waals surface area contributed by atoms with Gasteiger partial charge in [0.25, 0.3) is 0 Å². The van der Waals surface area contributed by atoms with E-state index >= 15 is 0 Å². The van der Waals surface area contributed by atoms with Gasteiger partial charge in [-0.15, -0.1) is 0 Å². The van der Waals surface area contributed by atoms with Gasteiger partial charge >= 0.3 is 0 Å². The van der Waals surface area contributed by atoms with Gasteiger partial charge in [0.1, 0.15) is 5.82 Å².